The van der Waals surface area contributed by atoms with Crippen molar-refractivity contribution in [3.8, 4) is 5.69 Å². The summed E-state index contributed by atoms with van der Waals surface area (Å²) in [6.07, 6.45) is 5.45. The lowest BCUT2D eigenvalue weighted by atomic mass is 10.1. The number of amides is 1. The van der Waals surface area contributed by atoms with E-state index >= 15 is 0 Å². The van der Waals surface area contributed by atoms with E-state index in [1.165, 1.54) is 6.92 Å². The predicted molar refractivity (Wildman–Crippen MR) is 119 cm³/mol. The second kappa shape index (κ2) is 10.4. The molecule has 0 unspecified atom stereocenters. The molecule has 31 heavy (non-hydrogen) atoms. The van der Waals surface area contributed by atoms with Crippen LogP contribution in [-0.2, 0) is 16.0 Å². The van der Waals surface area contributed by atoms with Gasteiger partial charge in [0.25, 0.3) is 0 Å². The number of aryl methyl sites for hydroxylation is 2. The Hall–Kier alpha value is -3.67. The van der Waals surface area contributed by atoms with Crippen LogP contribution in [0, 0.1) is 6.92 Å². The summed E-state index contributed by atoms with van der Waals surface area (Å²) in [6, 6.07) is 16.4. The van der Waals surface area contributed by atoms with Crippen LogP contribution in [-0.4, -0.2) is 35.4 Å². The van der Waals surface area contributed by atoms with E-state index in [4.69, 9.17) is 4.74 Å². The van der Waals surface area contributed by atoms with E-state index in [1.807, 2.05) is 54.2 Å². The van der Waals surface area contributed by atoms with E-state index in [2.05, 4.69) is 5.32 Å². The monoisotopic (exact) mass is 418 g/mol. The molecular weight excluding hydrogens is 392 g/mol. The number of hydrogen-bond acceptors (Lipinski definition) is 4. The van der Waals surface area contributed by atoms with Crippen LogP contribution < -0.4 is 5.32 Å². The van der Waals surface area contributed by atoms with Gasteiger partial charge in [-0.2, -0.15) is 0 Å². The Morgan fingerprint density at radius 3 is 2.32 bits per heavy atom. The summed E-state index contributed by atoms with van der Waals surface area (Å²) in [5.74, 6) is -0.825. The second-order valence-corrected chi connectivity index (χ2v) is 7.37. The van der Waals surface area contributed by atoms with Crippen molar-refractivity contribution < 1.29 is 19.1 Å². The van der Waals surface area contributed by atoms with Crippen molar-refractivity contribution in [1.82, 2.24) is 9.88 Å². The quantitative estimate of drug-likeness (QED) is 0.325. The molecule has 0 radical (unpaired) electrons. The molecule has 0 spiro atoms. The normalized spacial score (nSPS) is 10.5. The molecule has 0 saturated carbocycles. The Labute approximate surface area is 181 Å². The fourth-order valence-electron chi connectivity index (χ4n) is 3.22. The molecule has 0 aliphatic carbocycles. The number of rotatable bonds is 9. The van der Waals surface area contributed by atoms with Gasteiger partial charge < -0.3 is 14.6 Å². The maximum atomic E-state index is 12.4. The summed E-state index contributed by atoms with van der Waals surface area (Å²) in [7, 11) is 0. The van der Waals surface area contributed by atoms with E-state index < -0.39 is 5.97 Å². The first-order valence-corrected chi connectivity index (χ1v) is 10.2. The van der Waals surface area contributed by atoms with Gasteiger partial charge in [0.2, 0.25) is 5.91 Å². The first-order valence-electron chi connectivity index (χ1n) is 10.2. The summed E-state index contributed by atoms with van der Waals surface area (Å²) < 4.78 is 7.18. The van der Waals surface area contributed by atoms with Gasteiger partial charge in [-0.05, 0) is 55.2 Å². The number of hydrogen-bond donors (Lipinski definition) is 1. The minimum atomic E-state index is -0.531. The smallest absolute Gasteiger partial charge is 0.338 e. The van der Waals surface area contributed by atoms with Gasteiger partial charge in [0, 0.05) is 37.1 Å². The molecule has 6 heteroatoms. The fraction of sp³-hybridized carbons (Fsp3) is 0.240. The van der Waals surface area contributed by atoms with Crippen molar-refractivity contribution in [2.45, 2.75) is 26.7 Å². The second-order valence-electron chi connectivity index (χ2n) is 7.37. The molecule has 1 amide bonds. The van der Waals surface area contributed by atoms with Crippen LogP contribution in [0.4, 0.5) is 0 Å². The van der Waals surface area contributed by atoms with Crippen LogP contribution in [0.15, 0.2) is 67.0 Å². The molecule has 0 aliphatic rings. The maximum Gasteiger partial charge on any atom is 0.338 e. The van der Waals surface area contributed by atoms with E-state index in [9.17, 15) is 14.4 Å². The zero-order chi connectivity index (χ0) is 22.2. The molecule has 160 valence electrons. The van der Waals surface area contributed by atoms with Crippen LogP contribution in [0.3, 0.4) is 0 Å². The summed E-state index contributed by atoms with van der Waals surface area (Å²) >= 11 is 0. The Morgan fingerprint density at radius 1 is 0.968 bits per heavy atom. The Balaban J connectivity index is 1.54. The molecular formula is C25H26N2O4. The van der Waals surface area contributed by atoms with Gasteiger partial charge in [-0.3, -0.25) is 9.59 Å². The van der Waals surface area contributed by atoms with Gasteiger partial charge in [-0.1, -0.05) is 30.3 Å². The number of nitrogens with zero attached hydrogens (tertiary/aromatic N) is 1. The van der Waals surface area contributed by atoms with Gasteiger partial charge >= 0.3 is 5.97 Å². The molecule has 1 aromatic heterocycles. The summed E-state index contributed by atoms with van der Waals surface area (Å²) in [4.78, 5) is 35.7. The number of carbonyl (C=O) groups is 3. The van der Waals surface area contributed by atoms with E-state index in [0.717, 1.165) is 29.7 Å². The minimum absolute atomic E-state index is 0.0397. The lowest BCUT2D eigenvalue weighted by Gasteiger charge is -2.10. The lowest BCUT2D eigenvalue weighted by Crippen LogP contribution is -2.21. The van der Waals surface area contributed by atoms with Crippen LogP contribution >= 0.6 is 0 Å². The molecule has 0 fully saturated rings. The number of ether oxygens (including phenoxy) is 1. The standard InChI is InChI=1S/C25H26N2O4/c1-18-7-10-22(16-23(18)27-14-3-4-15-27)25(30)31-17-24(29)21-11-8-20(9-12-21)6-5-13-26-19(2)28/h3-4,7-12,14-16H,5-6,13,17H2,1-2H3,(H,26,28). The van der Waals surface area contributed by atoms with Crippen LogP contribution in [0.1, 0.15) is 45.2 Å². The third-order valence-corrected chi connectivity index (χ3v) is 4.95. The number of ketones is 1. The highest BCUT2D eigenvalue weighted by Gasteiger charge is 2.14. The van der Waals surface area contributed by atoms with Gasteiger partial charge in [-0.25, -0.2) is 4.79 Å². The fourth-order valence-corrected chi connectivity index (χ4v) is 3.22. The number of Topliss-reactive ketones (excluding diaryl/α,β-unsaturated/α-hetero) is 1. The van der Waals surface area contributed by atoms with E-state index in [-0.39, 0.29) is 18.3 Å². The topological polar surface area (TPSA) is 77.4 Å². The molecule has 0 atom stereocenters. The molecule has 3 aromatic rings. The van der Waals surface area contributed by atoms with Crippen molar-refractivity contribution in [2.75, 3.05) is 13.2 Å². The first-order chi connectivity index (χ1) is 14.9. The molecule has 1 heterocycles. The number of esters is 1. The number of aromatic nitrogens is 1. The minimum Gasteiger partial charge on any atom is -0.454 e. The third kappa shape index (κ3) is 6.15. The van der Waals surface area contributed by atoms with Crippen LogP contribution in [0.5, 0.6) is 0 Å². The predicted octanol–water partition coefficient (Wildman–Crippen LogP) is 3.89. The van der Waals surface area contributed by atoms with E-state index in [1.54, 1.807) is 24.3 Å². The maximum absolute atomic E-state index is 12.4. The zero-order valence-corrected chi connectivity index (χ0v) is 17.8. The average molecular weight is 418 g/mol. The first kappa shape index (κ1) is 22.0. The van der Waals surface area contributed by atoms with Gasteiger partial charge in [0.15, 0.2) is 12.4 Å². The van der Waals surface area contributed by atoms with Crippen LogP contribution in [0.25, 0.3) is 5.69 Å². The van der Waals surface area contributed by atoms with Crippen molar-refractivity contribution in [1.29, 1.82) is 0 Å². The molecule has 6 nitrogen and oxygen atoms in total. The van der Waals surface area contributed by atoms with Crippen molar-refractivity contribution in [3.05, 3.63) is 89.2 Å². The van der Waals surface area contributed by atoms with E-state index in [0.29, 0.717) is 17.7 Å². The number of nitrogens with one attached hydrogen (secondary N) is 1. The molecule has 0 saturated heterocycles. The average Bonchev–Trinajstić information content (AvgIpc) is 3.30. The summed E-state index contributed by atoms with van der Waals surface area (Å²) in [5, 5.41) is 2.76. The highest BCUT2D eigenvalue weighted by Crippen LogP contribution is 2.17. The Kier molecular flexibility index (Phi) is 7.38. The largest absolute Gasteiger partial charge is 0.454 e. The molecule has 1 N–H and O–H groups in total. The Morgan fingerprint density at radius 2 is 1.65 bits per heavy atom. The number of benzene rings is 2. The lowest BCUT2D eigenvalue weighted by molar-refractivity contribution is -0.118. The van der Waals surface area contributed by atoms with Gasteiger partial charge in [0.05, 0.1) is 5.56 Å². The Bertz CT molecular complexity index is 1050. The third-order valence-electron chi connectivity index (χ3n) is 4.95. The zero-order valence-electron chi connectivity index (χ0n) is 17.8. The molecule has 3 rings (SSSR count). The summed E-state index contributed by atoms with van der Waals surface area (Å²) in [5.41, 5.74) is 3.89. The van der Waals surface area contributed by atoms with Crippen molar-refractivity contribution >= 4 is 17.7 Å². The van der Waals surface area contributed by atoms with Crippen LogP contribution in [0.2, 0.25) is 0 Å². The highest BCUT2D eigenvalue weighted by molar-refractivity contribution is 5.99. The molecule has 2 aromatic carbocycles. The summed E-state index contributed by atoms with van der Waals surface area (Å²) in [6.45, 7) is 3.77. The number of carbonyl (C=O) groups excluding carboxylic acids is 3. The van der Waals surface area contributed by atoms with Crippen molar-refractivity contribution in [2.24, 2.45) is 0 Å². The van der Waals surface area contributed by atoms with Gasteiger partial charge in [0.1, 0.15) is 0 Å². The van der Waals surface area contributed by atoms with Gasteiger partial charge in [-0.15, -0.1) is 0 Å². The molecule has 0 bridgehead atoms. The molecule has 0 aliphatic heterocycles. The van der Waals surface area contributed by atoms with Crippen molar-refractivity contribution in [3.63, 3.8) is 0 Å². The highest BCUT2D eigenvalue weighted by atomic mass is 16.5. The SMILES string of the molecule is CC(=O)NCCCc1ccc(C(=O)COC(=O)c2ccc(C)c(-n3cccc3)c2)cc1.